The number of nitrogens with one attached hydrogen (secondary N) is 2. The molecule has 126 valence electrons. The van der Waals surface area contributed by atoms with Crippen LogP contribution < -0.4 is 15.4 Å². The molecule has 5 nitrogen and oxygen atoms in total. The maximum atomic E-state index is 12.3. The highest BCUT2D eigenvalue weighted by molar-refractivity contribution is 6.31. The number of carbonyl (C=O) groups excluding carboxylic acids is 2. The highest BCUT2D eigenvalue weighted by Gasteiger charge is 2.19. The van der Waals surface area contributed by atoms with Gasteiger partial charge in [0.15, 0.2) is 0 Å². The molecule has 0 bridgehead atoms. The van der Waals surface area contributed by atoms with Crippen molar-refractivity contribution in [3.8, 4) is 5.75 Å². The number of ether oxygens (including phenoxy) is 1. The van der Waals surface area contributed by atoms with Gasteiger partial charge in [-0.25, -0.2) is 0 Å². The van der Waals surface area contributed by atoms with E-state index < -0.39 is 6.04 Å². The lowest BCUT2D eigenvalue weighted by atomic mass is 10.0. The number of hydrogen-bond acceptors (Lipinski definition) is 3. The maximum Gasteiger partial charge on any atom is 0.226 e. The summed E-state index contributed by atoms with van der Waals surface area (Å²) in [6, 6.07) is 13.7. The lowest BCUT2D eigenvalue weighted by Gasteiger charge is -2.19. The van der Waals surface area contributed by atoms with Crippen LogP contribution in [0.25, 0.3) is 0 Å². The van der Waals surface area contributed by atoms with Crippen molar-refractivity contribution >= 4 is 29.1 Å². The first-order chi connectivity index (χ1) is 11.5. The quantitative estimate of drug-likeness (QED) is 0.840. The predicted octanol–water partition coefficient (Wildman–Crippen LogP) is 3.55. The molecular formula is C18H19ClN2O3. The number of amides is 2. The van der Waals surface area contributed by atoms with Gasteiger partial charge in [0.25, 0.3) is 0 Å². The average molecular weight is 347 g/mol. The van der Waals surface area contributed by atoms with Gasteiger partial charge in [0.1, 0.15) is 5.75 Å². The molecule has 2 aromatic carbocycles. The minimum Gasteiger partial charge on any atom is -0.497 e. The van der Waals surface area contributed by atoms with Gasteiger partial charge < -0.3 is 15.4 Å². The highest BCUT2D eigenvalue weighted by Crippen LogP contribution is 2.26. The van der Waals surface area contributed by atoms with Crippen molar-refractivity contribution in [2.24, 2.45) is 0 Å². The molecule has 0 aliphatic carbocycles. The van der Waals surface area contributed by atoms with Gasteiger partial charge in [-0.3, -0.25) is 9.59 Å². The third-order valence-electron chi connectivity index (χ3n) is 3.40. The molecule has 0 heterocycles. The van der Waals surface area contributed by atoms with Crippen molar-refractivity contribution < 1.29 is 14.3 Å². The summed E-state index contributed by atoms with van der Waals surface area (Å²) >= 11 is 6.19. The topological polar surface area (TPSA) is 67.4 Å². The first kappa shape index (κ1) is 17.8. The van der Waals surface area contributed by atoms with Gasteiger partial charge in [-0.05, 0) is 23.8 Å². The molecule has 2 rings (SSSR count). The molecule has 0 aliphatic heterocycles. The summed E-state index contributed by atoms with van der Waals surface area (Å²) in [6.45, 7) is 1.41. The fourth-order valence-electron chi connectivity index (χ4n) is 2.34. The fourth-order valence-corrected chi connectivity index (χ4v) is 2.61. The molecule has 1 unspecified atom stereocenters. The van der Waals surface area contributed by atoms with Crippen LogP contribution in [0.2, 0.25) is 5.02 Å². The molecule has 0 saturated heterocycles. The van der Waals surface area contributed by atoms with Crippen LogP contribution in [0.1, 0.15) is 24.9 Å². The van der Waals surface area contributed by atoms with Gasteiger partial charge in [0.05, 0.1) is 19.6 Å². The van der Waals surface area contributed by atoms with E-state index in [9.17, 15) is 9.59 Å². The van der Waals surface area contributed by atoms with Crippen LogP contribution in [0.3, 0.4) is 0 Å². The normalized spacial score (nSPS) is 11.5. The zero-order chi connectivity index (χ0) is 17.5. The Balaban J connectivity index is 2.12. The van der Waals surface area contributed by atoms with Gasteiger partial charge in [-0.2, -0.15) is 0 Å². The van der Waals surface area contributed by atoms with Crippen LogP contribution in [0.15, 0.2) is 48.5 Å². The molecule has 1 atom stereocenters. The second kappa shape index (κ2) is 8.36. The molecule has 24 heavy (non-hydrogen) atoms. The first-order valence-corrected chi connectivity index (χ1v) is 7.83. The van der Waals surface area contributed by atoms with Crippen LogP contribution in [-0.4, -0.2) is 18.9 Å². The lowest BCUT2D eigenvalue weighted by Crippen LogP contribution is -2.30. The smallest absolute Gasteiger partial charge is 0.226 e. The number of hydrogen-bond donors (Lipinski definition) is 2. The summed E-state index contributed by atoms with van der Waals surface area (Å²) < 4.78 is 5.13. The minimum atomic E-state index is -0.498. The Kier molecular flexibility index (Phi) is 6.21. The van der Waals surface area contributed by atoms with Crippen molar-refractivity contribution in [2.45, 2.75) is 19.4 Å². The van der Waals surface area contributed by atoms with Gasteiger partial charge in [0, 0.05) is 23.7 Å². The molecule has 6 heteroatoms. The van der Waals surface area contributed by atoms with E-state index in [1.54, 1.807) is 49.6 Å². The molecule has 0 radical (unpaired) electrons. The molecule has 0 aromatic heterocycles. The van der Waals surface area contributed by atoms with E-state index >= 15 is 0 Å². The maximum absolute atomic E-state index is 12.3. The summed E-state index contributed by atoms with van der Waals surface area (Å²) in [5.41, 5.74) is 1.33. The predicted molar refractivity (Wildman–Crippen MR) is 94.3 cm³/mol. The molecule has 2 N–H and O–H groups in total. The molecule has 0 saturated carbocycles. The lowest BCUT2D eigenvalue weighted by molar-refractivity contribution is -0.120. The van der Waals surface area contributed by atoms with Crippen LogP contribution in [0.4, 0.5) is 5.69 Å². The summed E-state index contributed by atoms with van der Waals surface area (Å²) in [4.78, 5) is 23.8. The minimum absolute atomic E-state index is 0.0700. The molecule has 0 spiro atoms. The van der Waals surface area contributed by atoms with Gasteiger partial charge in [-0.1, -0.05) is 35.9 Å². The summed E-state index contributed by atoms with van der Waals surface area (Å²) in [5.74, 6) is 0.188. The Morgan fingerprint density at radius 2 is 1.92 bits per heavy atom. The second-order valence-corrected chi connectivity index (χ2v) is 5.67. The standard InChI is InChI=1S/C18H19ClN2O3/c1-12(22)20-17(15-8-3-4-9-16(15)19)11-18(23)21-13-6-5-7-14(10-13)24-2/h3-10,17H,11H2,1-2H3,(H,20,22)(H,21,23). The van der Waals surface area contributed by atoms with E-state index in [1.165, 1.54) is 6.92 Å². The second-order valence-electron chi connectivity index (χ2n) is 5.26. The van der Waals surface area contributed by atoms with Crippen molar-refractivity contribution in [2.75, 3.05) is 12.4 Å². The number of carbonyl (C=O) groups is 2. The third-order valence-corrected chi connectivity index (χ3v) is 3.75. The van der Waals surface area contributed by atoms with Gasteiger partial charge >= 0.3 is 0 Å². The fraction of sp³-hybridized carbons (Fsp3) is 0.222. The van der Waals surface area contributed by atoms with Crippen molar-refractivity contribution in [3.05, 3.63) is 59.1 Å². The summed E-state index contributed by atoms with van der Waals surface area (Å²) in [6.07, 6.45) is 0.0700. The van der Waals surface area contributed by atoms with Crippen LogP contribution in [0, 0.1) is 0 Å². The number of halogens is 1. The number of anilines is 1. The van der Waals surface area contributed by atoms with E-state index in [0.717, 1.165) is 0 Å². The summed E-state index contributed by atoms with van der Waals surface area (Å²) in [5, 5.41) is 6.07. The number of benzene rings is 2. The average Bonchev–Trinajstić information content (AvgIpc) is 2.54. The monoisotopic (exact) mass is 346 g/mol. The largest absolute Gasteiger partial charge is 0.497 e. The van der Waals surface area contributed by atoms with E-state index in [2.05, 4.69) is 10.6 Å². The number of rotatable bonds is 6. The Bertz CT molecular complexity index is 734. The molecule has 2 aromatic rings. The zero-order valence-electron chi connectivity index (χ0n) is 13.5. The molecule has 0 aliphatic rings. The van der Waals surface area contributed by atoms with Crippen molar-refractivity contribution in [3.63, 3.8) is 0 Å². The zero-order valence-corrected chi connectivity index (χ0v) is 14.3. The Morgan fingerprint density at radius 3 is 2.58 bits per heavy atom. The van der Waals surface area contributed by atoms with E-state index in [4.69, 9.17) is 16.3 Å². The Morgan fingerprint density at radius 1 is 1.17 bits per heavy atom. The van der Waals surface area contributed by atoms with Gasteiger partial charge in [-0.15, -0.1) is 0 Å². The Hall–Kier alpha value is -2.53. The van der Waals surface area contributed by atoms with Gasteiger partial charge in [0.2, 0.25) is 11.8 Å². The van der Waals surface area contributed by atoms with Crippen LogP contribution >= 0.6 is 11.6 Å². The Labute approximate surface area is 146 Å². The van der Waals surface area contributed by atoms with E-state index in [1.807, 2.05) is 6.07 Å². The molecule has 0 fully saturated rings. The van der Waals surface area contributed by atoms with Crippen molar-refractivity contribution in [1.29, 1.82) is 0 Å². The van der Waals surface area contributed by atoms with Crippen LogP contribution in [0.5, 0.6) is 5.75 Å². The molecule has 2 amide bonds. The van der Waals surface area contributed by atoms with E-state index in [0.29, 0.717) is 22.0 Å². The highest BCUT2D eigenvalue weighted by atomic mass is 35.5. The number of methoxy groups -OCH3 is 1. The first-order valence-electron chi connectivity index (χ1n) is 7.45. The third kappa shape index (κ3) is 4.99. The van der Waals surface area contributed by atoms with Crippen LogP contribution in [-0.2, 0) is 9.59 Å². The van der Waals surface area contributed by atoms with Crippen molar-refractivity contribution in [1.82, 2.24) is 5.32 Å². The SMILES string of the molecule is COc1cccc(NC(=O)CC(NC(C)=O)c2ccccc2Cl)c1. The summed E-state index contributed by atoms with van der Waals surface area (Å²) in [7, 11) is 1.56. The molecular weight excluding hydrogens is 328 g/mol. The van der Waals surface area contributed by atoms with E-state index in [-0.39, 0.29) is 18.2 Å².